The summed E-state index contributed by atoms with van der Waals surface area (Å²) in [5.41, 5.74) is 0. The monoisotopic (exact) mass is 295 g/mol. The van der Waals surface area contributed by atoms with Gasteiger partial charge in [0.25, 0.3) is 5.91 Å². The zero-order valence-corrected chi connectivity index (χ0v) is 12.1. The number of amides is 2. The van der Waals surface area contributed by atoms with Crippen LogP contribution in [0.15, 0.2) is 22.8 Å². The molecule has 0 aromatic carbocycles. The van der Waals surface area contributed by atoms with Gasteiger partial charge >= 0.3 is 0 Å². The summed E-state index contributed by atoms with van der Waals surface area (Å²) in [5, 5.41) is 3.02. The Bertz CT molecular complexity index is 501. The van der Waals surface area contributed by atoms with Crippen molar-refractivity contribution in [3.63, 3.8) is 0 Å². The third-order valence-electron chi connectivity index (χ3n) is 3.19. The number of carbonyl (C=O) groups excluding carboxylic acids is 2. The van der Waals surface area contributed by atoms with Gasteiger partial charge in [-0.1, -0.05) is 0 Å². The minimum atomic E-state index is -0.354. The molecule has 7 heteroatoms. The molecule has 0 spiro atoms. The lowest BCUT2D eigenvalue weighted by Crippen LogP contribution is -2.44. The standard InChI is InChI=1S/C13H17N3O3S/c1-10(17)15-5-3-6-16(8-7-15)13(20)14-12(18)11-4-2-9-19-11/h2,4,9H,3,5-8H2,1H3,(H,14,18,20). The first kappa shape index (κ1) is 14.5. The van der Waals surface area contributed by atoms with Crippen molar-refractivity contribution in [2.75, 3.05) is 26.2 Å². The van der Waals surface area contributed by atoms with Gasteiger partial charge in [0.05, 0.1) is 6.26 Å². The van der Waals surface area contributed by atoms with Gasteiger partial charge in [-0.25, -0.2) is 0 Å². The maximum Gasteiger partial charge on any atom is 0.293 e. The molecule has 1 aliphatic heterocycles. The lowest BCUT2D eigenvalue weighted by molar-refractivity contribution is -0.128. The molecule has 108 valence electrons. The molecule has 0 saturated carbocycles. The van der Waals surface area contributed by atoms with Crippen LogP contribution in [0.1, 0.15) is 23.9 Å². The van der Waals surface area contributed by atoms with Crippen molar-refractivity contribution in [3.05, 3.63) is 24.2 Å². The van der Waals surface area contributed by atoms with E-state index in [4.69, 9.17) is 16.6 Å². The summed E-state index contributed by atoms with van der Waals surface area (Å²) in [6.45, 7) is 4.25. The highest BCUT2D eigenvalue weighted by Crippen LogP contribution is 2.05. The number of carbonyl (C=O) groups is 2. The summed E-state index contributed by atoms with van der Waals surface area (Å²) in [6.07, 6.45) is 2.27. The maximum absolute atomic E-state index is 11.8. The van der Waals surface area contributed by atoms with E-state index in [1.54, 1.807) is 24.0 Å². The van der Waals surface area contributed by atoms with Crippen LogP contribution < -0.4 is 5.32 Å². The molecule has 1 N–H and O–H groups in total. The fourth-order valence-electron chi connectivity index (χ4n) is 2.08. The Morgan fingerprint density at radius 2 is 1.95 bits per heavy atom. The zero-order valence-electron chi connectivity index (χ0n) is 11.3. The van der Waals surface area contributed by atoms with Gasteiger partial charge in [-0.15, -0.1) is 0 Å². The molecule has 1 aliphatic rings. The van der Waals surface area contributed by atoms with Crippen LogP contribution in [0.4, 0.5) is 0 Å². The molecule has 2 rings (SSSR count). The minimum absolute atomic E-state index is 0.0670. The van der Waals surface area contributed by atoms with Crippen molar-refractivity contribution in [1.29, 1.82) is 0 Å². The van der Waals surface area contributed by atoms with Crippen LogP contribution >= 0.6 is 12.2 Å². The third-order valence-corrected chi connectivity index (χ3v) is 3.55. The second-order valence-electron chi connectivity index (χ2n) is 4.58. The molecule has 0 unspecified atom stereocenters. The Kier molecular flexibility index (Phi) is 4.73. The molecule has 0 atom stereocenters. The van der Waals surface area contributed by atoms with Crippen molar-refractivity contribution in [2.24, 2.45) is 0 Å². The largest absolute Gasteiger partial charge is 0.459 e. The fourth-order valence-corrected chi connectivity index (χ4v) is 2.36. The van der Waals surface area contributed by atoms with Gasteiger partial charge in [-0.3, -0.25) is 14.9 Å². The third kappa shape index (κ3) is 3.57. The maximum atomic E-state index is 11.8. The summed E-state index contributed by atoms with van der Waals surface area (Å²) in [5.74, 6) is -0.0578. The molecular weight excluding hydrogens is 278 g/mol. The van der Waals surface area contributed by atoms with Crippen LogP contribution in [0.5, 0.6) is 0 Å². The Hall–Kier alpha value is -1.89. The van der Waals surface area contributed by atoms with Gasteiger partial charge in [0.1, 0.15) is 0 Å². The van der Waals surface area contributed by atoms with E-state index in [1.165, 1.54) is 6.26 Å². The Morgan fingerprint density at radius 3 is 2.60 bits per heavy atom. The van der Waals surface area contributed by atoms with E-state index < -0.39 is 0 Å². The van der Waals surface area contributed by atoms with Crippen molar-refractivity contribution < 1.29 is 14.0 Å². The van der Waals surface area contributed by atoms with Crippen molar-refractivity contribution in [2.45, 2.75) is 13.3 Å². The lowest BCUT2D eigenvalue weighted by atomic mass is 10.4. The molecule has 1 aromatic heterocycles. The van der Waals surface area contributed by atoms with E-state index >= 15 is 0 Å². The molecule has 0 aliphatic carbocycles. The molecule has 1 saturated heterocycles. The molecule has 0 radical (unpaired) electrons. The average Bonchev–Trinajstić information content (AvgIpc) is 2.82. The fraction of sp³-hybridized carbons (Fsp3) is 0.462. The number of nitrogens with one attached hydrogen (secondary N) is 1. The van der Waals surface area contributed by atoms with E-state index in [0.717, 1.165) is 19.5 Å². The molecule has 0 bridgehead atoms. The Balaban J connectivity index is 1.89. The van der Waals surface area contributed by atoms with E-state index in [9.17, 15) is 9.59 Å². The van der Waals surface area contributed by atoms with Crippen molar-refractivity contribution >= 4 is 29.1 Å². The van der Waals surface area contributed by atoms with Crippen molar-refractivity contribution in [3.8, 4) is 0 Å². The van der Waals surface area contributed by atoms with Gasteiger partial charge in [0, 0.05) is 33.1 Å². The molecule has 20 heavy (non-hydrogen) atoms. The second kappa shape index (κ2) is 6.51. The van der Waals surface area contributed by atoms with E-state index in [0.29, 0.717) is 18.2 Å². The van der Waals surface area contributed by atoms with E-state index in [-0.39, 0.29) is 17.6 Å². The van der Waals surface area contributed by atoms with Gasteiger partial charge in [-0.05, 0) is 30.8 Å². The van der Waals surface area contributed by atoms with E-state index in [2.05, 4.69) is 5.32 Å². The quantitative estimate of drug-likeness (QED) is 0.778. The lowest BCUT2D eigenvalue weighted by Gasteiger charge is -2.23. The van der Waals surface area contributed by atoms with E-state index in [1.807, 2.05) is 4.90 Å². The normalized spacial score (nSPS) is 15.7. The van der Waals surface area contributed by atoms with Crippen LogP contribution in [0, 0.1) is 0 Å². The van der Waals surface area contributed by atoms with Crippen LogP contribution in [0.25, 0.3) is 0 Å². The second-order valence-corrected chi connectivity index (χ2v) is 4.97. The molecule has 1 aromatic rings. The van der Waals surface area contributed by atoms with Crippen LogP contribution in [0.3, 0.4) is 0 Å². The summed E-state index contributed by atoms with van der Waals surface area (Å²) in [6, 6.07) is 3.23. The number of furan rings is 1. The first-order valence-corrected chi connectivity index (χ1v) is 6.88. The highest BCUT2D eigenvalue weighted by molar-refractivity contribution is 7.80. The summed E-state index contributed by atoms with van der Waals surface area (Å²) >= 11 is 5.24. The topological polar surface area (TPSA) is 65.8 Å². The number of hydrogen-bond donors (Lipinski definition) is 1. The summed E-state index contributed by atoms with van der Waals surface area (Å²) < 4.78 is 5.01. The van der Waals surface area contributed by atoms with Crippen LogP contribution in [-0.2, 0) is 4.79 Å². The smallest absolute Gasteiger partial charge is 0.293 e. The number of hydrogen-bond acceptors (Lipinski definition) is 4. The molecule has 6 nitrogen and oxygen atoms in total. The first-order valence-electron chi connectivity index (χ1n) is 6.47. The molecular formula is C13H17N3O3S. The predicted octanol–water partition coefficient (Wildman–Crippen LogP) is 0.848. The molecule has 2 heterocycles. The summed E-state index contributed by atoms with van der Waals surface area (Å²) in [7, 11) is 0. The van der Waals surface area contributed by atoms with Gasteiger partial charge in [-0.2, -0.15) is 0 Å². The number of rotatable bonds is 1. The molecule has 2 amide bonds. The zero-order chi connectivity index (χ0) is 14.5. The van der Waals surface area contributed by atoms with Gasteiger partial charge < -0.3 is 14.2 Å². The van der Waals surface area contributed by atoms with Crippen LogP contribution in [-0.4, -0.2) is 52.9 Å². The Labute approximate surface area is 122 Å². The molecule has 1 fully saturated rings. The average molecular weight is 295 g/mol. The van der Waals surface area contributed by atoms with Gasteiger partial charge in [0.2, 0.25) is 5.91 Å². The number of nitrogens with zero attached hydrogens (tertiary/aromatic N) is 2. The van der Waals surface area contributed by atoms with Gasteiger partial charge in [0.15, 0.2) is 10.9 Å². The first-order chi connectivity index (χ1) is 9.58. The number of thiocarbonyl (C=S) groups is 1. The Morgan fingerprint density at radius 1 is 1.25 bits per heavy atom. The van der Waals surface area contributed by atoms with Crippen molar-refractivity contribution in [1.82, 2.24) is 15.1 Å². The minimum Gasteiger partial charge on any atom is -0.459 e. The predicted molar refractivity (Wildman–Crippen MR) is 77.2 cm³/mol. The summed E-state index contributed by atoms with van der Waals surface area (Å²) in [4.78, 5) is 26.9. The highest BCUT2D eigenvalue weighted by Gasteiger charge is 2.20. The highest BCUT2D eigenvalue weighted by atomic mass is 32.1. The van der Waals surface area contributed by atoms with Crippen LogP contribution in [0.2, 0.25) is 0 Å². The SMILES string of the molecule is CC(=O)N1CCCN(C(=S)NC(=O)c2ccco2)CC1.